The third-order valence-corrected chi connectivity index (χ3v) is 6.07. The van der Waals surface area contributed by atoms with Crippen molar-refractivity contribution in [2.45, 2.75) is 37.6 Å². The van der Waals surface area contributed by atoms with E-state index < -0.39 is 0 Å². The molecule has 0 saturated heterocycles. The van der Waals surface area contributed by atoms with E-state index in [9.17, 15) is 4.79 Å². The molecule has 156 valence electrons. The molecule has 2 aromatic rings. The first-order valence-electron chi connectivity index (χ1n) is 10.3. The maximum atomic E-state index is 12.7. The molecule has 1 aliphatic rings. The van der Waals surface area contributed by atoms with Gasteiger partial charge in [0, 0.05) is 30.2 Å². The Balaban J connectivity index is 1.50. The first kappa shape index (κ1) is 21.7. The molecule has 5 heteroatoms. The fourth-order valence-electron chi connectivity index (χ4n) is 3.94. The molecule has 1 aliphatic carbocycles. The molecule has 0 N–H and O–H groups in total. The molecule has 1 amide bonds. The van der Waals surface area contributed by atoms with Gasteiger partial charge in [0.2, 0.25) is 0 Å². The van der Waals surface area contributed by atoms with Crippen molar-refractivity contribution >= 4 is 17.5 Å². The number of amides is 1. The average molecular weight is 415 g/mol. The van der Waals surface area contributed by atoms with Crippen LogP contribution < -0.4 is 4.74 Å². The predicted molar refractivity (Wildman–Crippen MR) is 119 cm³/mol. The van der Waals surface area contributed by atoms with Crippen LogP contribution in [0.5, 0.6) is 5.75 Å². The number of halogens is 1. The Morgan fingerprint density at radius 2 is 1.59 bits per heavy atom. The lowest BCUT2D eigenvalue weighted by Gasteiger charge is -2.35. The molecule has 29 heavy (non-hydrogen) atoms. The van der Waals surface area contributed by atoms with Gasteiger partial charge in [-0.15, -0.1) is 0 Å². The molecule has 0 spiro atoms. The number of carbonyl (C=O) groups excluding carboxylic acids is 1. The van der Waals surface area contributed by atoms with Crippen molar-refractivity contribution in [2.24, 2.45) is 0 Å². The molecule has 2 aromatic carbocycles. The van der Waals surface area contributed by atoms with E-state index in [4.69, 9.17) is 16.3 Å². The summed E-state index contributed by atoms with van der Waals surface area (Å²) < 4.78 is 5.79. The van der Waals surface area contributed by atoms with E-state index in [-0.39, 0.29) is 5.91 Å². The standard InChI is InChI=1S/C24H31ClN2O2/c1-26(2)16-17-29-23-14-8-19(9-15-23)18-6-12-22(13-7-18)27(3)24(28)20-4-10-21(25)11-5-20/h4-5,8-11,14-15,18,22H,6-7,12-13,16-17H2,1-3H3. The predicted octanol–water partition coefficient (Wildman–Crippen LogP) is 5.08. The summed E-state index contributed by atoms with van der Waals surface area (Å²) in [4.78, 5) is 16.8. The Bertz CT molecular complexity index is 782. The van der Waals surface area contributed by atoms with Crippen molar-refractivity contribution in [1.29, 1.82) is 0 Å². The second-order valence-electron chi connectivity index (χ2n) is 8.15. The monoisotopic (exact) mass is 414 g/mol. The van der Waals surface area contributed by atoms with Crippen LogP contribution in [0.15, 0.2) is 48.5 Å². The highest BCUT2D eigenvalue weighted by Crippen LogP contribution is 2.35. The van der Waals surface area contributed by atoms with Crippen LogP contribution in [0.2, 0.25) is 5.02 Å². The SMILES string of the molecule is CN(C)CCOc1ccc(C2CCC(N(C)C(=O)c3ccc(Cl)cc3)CC2)cc1. The smallest absolute Gasteiger partial charge is 0.253 e. The van der Waals surface area contributed by atoms with E-state index in [0.717, 1.165) is 38.0 Å². The quantitative estimate of drug-likeness (QED) is 0.633. The number of ether oxygens (including phenoxy) is 1. The maximum absolute atomic E-state index is 12.7. The molecule has 0 radical (unpaired) electrons. The minimum absolute atomic E-state index is 0.0735. The molecule has 0 atom stereocenters. The minimum atomic E-state index is 0.0735. The van der Waals surface area contributed by atoms with Gasteiger partial charge in [-0.1, -0.05) is 23.7 Å². The third-order valence-electron chi connectivity index (χ3n) is 5.81. The van der Waals surface area contributed by atoms with Gasteiger partial charge in [0.1, 0.15) is 12.4 Å². The van der Waals surface area contributed by atoms with E-state index in [1.165, 1.54) is 5.56 Å². The van der Waals surface area contributed by atoms with Gasteiger partial charge in [-0.05, 0) is 87.7 Å². The zero-order valence-electron chi connectivity index (χ0n) is 17.6. The van der Waals surface area contributed by atoms with Crippen LogP contribution >= 0.6 is 11.6 Å². The summed E-state index contributed by atoms with van der Waals surface area (Å²) in [7, 11) is 6.01. The number of rotatable bonds is 7. The van der Waals surface area contributed by atoms with Crippen LogP contribution in [0, 0.1) is 0 Å². The van der Waals surface area contributed by atoms with Crippen molar-refractivity contribution in [1.82, 2.24) is 9.80 Å². The highest BCUT2D eigenvalue weighted by Gasteiger charge is 2.27. The summed E-state index contributed by atoms with van der Waals surface area (Å²) in [6, 6.07) is 16.0. The van der Waals surface area contributed by atoms with Gasteiger partial charge < -0.3 is 14.5 Å². The lowest BCUT2D eigenvalue weighted by atomic mass is 9.81. The first-order valence-corrected chi connectivity index (χ1v) is 10.7. The largest absolute Gasteiger partial charge is 0.492 e. The highest BCUT2D eigenvalue weighted by atomic mass is 35.5. The lowest BCUT2D eigenvalue weighted by molar-refractivity contribution is 0.0689. The van der Waals surface area contributed by atoms with Crippen LogP contribution in [0.1, 0.15) is 47.5 Å². The van der Waals surface area contributed by atoms with Crippen molar-refractivity contribution in [2.75, 3.05) is 34.3 Å². The second kappa shape index (κ2) is 10.1. The van der Waals surface area contributed by atoms with Crippen LogP contribution in [0.3, 0.4) is 0 Å². The number of benzene rings is 2. The maximum Gasteiger partial charge on any atom is 0.253 e. The Hall–Kier alpha value is -2.04. The van der Waals surface area contributed by atoms with Gasteiger partial charge in [0.15, 0.2) is 0 Å². The van der Waals surface area contributed by atoms with Gasteiger partial charge in [0.25, 0.3) is 5.91 Å². The van der Waals surface area contributed by atoms with E-state index in [1.807, 2.05) is 26.0 Å². The summed E-state index contributed by atoms with van der Waals surface area (Å²) in [6.07, 6.45) is 4.26. The van der Waals surface area contributed by atoms with Crippen LogP contribution in [-0.2, 0) is 0 Å². The highest BCUT2D eigenvalue weighted by molar-refractivity contribution is 6.30. The van der Waals surface area contributed by atoms with Crippen molar-refractivity contribution < 1.29 is 9.53 Å². The zero-order chi connectivity index (χ0) is 20.8. The van der Waals surface area contributed by atoms with Crippen LogP contribution in [0.4, 0.5) is 0 Å². The number of carbonyl (C=O) groups is 1. The van der Waals surface area contributed by atoms with Gasteiger partial charge in [0.05, 0.1) is 0 Å². The number of hydrogen-bond donors (Lipinski definition) is 0. The fourth-order valence-corrected chi connectivity index (χ4v) is 4.07. The molecule has 0 bridgehead atoms. The molecular weight excluding hydrogens is 384 g/mol. The summed E-state index contributed by atoms with van der Waals surface area (Å²) in [6.45, 7) is 1.61. The summed E-state index contributed by atoms with van der Waals surface area (Å²) in [5.74, 6) is 1.56. The number of nitrogens with zero attached hydrogens (tertiary/aromatic N) is 2. The van der Waals surface area contributed by atoms with Gasteiger partial charge in [-0.25, -0.2) is 0 Å². The Morgan fingerprint density at radius 1 is 0.966 bits per heavy atom. The van der Waals surface area contributed by atoms with Crippen molar-refractivity contribution in [3.8, 4) is 5.75 Å². The van der Waals surface area contributed by atoms with Gasteiger partial charge in [-0.2, -0.15) is 0 Å². The molecule has 0 aromatic heterocycles. The number of likely N-dealkylation sites (N-methyl/N-ethyl adjacent to an activating group) is 1. The third kappa shape index (κ3) is 5.97. The molecule has 0 heterocycles. The van der Waals surface area contributed by atoms with Gasteiger partial charge >= 0.3 is 0 Å². The fraction of sp³-hybridized carbons (Fsp3) is 0.458. The molecule has 4 nitrogen and oxygen atoms in total. The lowest BCUT2D eigenvalue weighted by Crippen LogP contribution is -2.39. The zero-order valence-corrected chi connectivity index (χ0v) is 18.4. The molecule has 1 saturated carbocycles. The average Bonchev–Trinajstić information content (AvgIpc) is 2.74. The van der Waals surface area contributed by atoms with E-state index in [2.05, 4.69) is 29.2 Å². The van der Waals surface area contributed by atoms with Crippen molar-refractivity contribution in [3.05, 3.63) is 64.7 Å². The van der Waals surface area contributed by atoms with E-state index >= 15 is 0 Å². The second-order valence-corrected chi connectivity index (χ2v) is 8.59. The van der Waals surface area contributed by atoms with Crippen molar-refractivity contribution in [3.63, 3.8) is 0 Å². The summed E-state index contributed by atoms with van der Waals surface area (Å²) in [5, 5.41) is 0.652. The van der Waals surface area contributed by atoms with Gasteiger partial charge in [-0.3, -0.25) is 4.79 Å². The molecule has 0 unspecified atom stereocenters. The summed E-state index contributed by atoms with van der Waals surface area (Å²) >= 11 is 5.93. The Morgan fingerprint density at radius 3 is 2.17 bits per heavy atom. The number of hydrogen-bond acceptors (Lipinski definition) is 3. The Kier molecular flexibility index (Phi) is 7.57. The topological polar surface area (TPSA) is 32.8 Å². The molecule has 1 fully saturated rings. The summed E-state index contributed by atoms with van der Waals surface area (Å²) in [5.41, 5.74) is 2.07. The van der Waals surface area contributed by atoms with Crippen LogP contribution in [-0.4, -0.2) is 56.0 Å². The normalized spacial score (nSPS) is 19.2. The molecular formula is C24H31ClN2O2. The Labute approximate surface area is 179 Å². The first-order chi connectivity index (χ1) is 13.9. The van der Waals surface area contributed by atoms with E-state index in [1.54, 1.807) is 24.3 Å². The van der Waals surface area contributed by atoms with Crippen LogP contribution in [0.25, 0.3) is 0 Å². The minimum Gasteiger partial charge on any atom is -0.492 e. The molecule has 3 rings (SSSR count). The van der Waals surface area contributed by atoms with E-state index in [0.29, 0.717) is 29.2 Å². The molecule has 0 aliphatic heterocycles.